The molecule has 0 saturated carbocycles. The molecule has 0 bridgehead atoms. The summed E-state index contributed by atoms with van der Waals surface area (Å²) in [6.07, 6.45) is 0. The molecule has 0 aromatic carbocycles. The van der Waals surface area contributed by atoms with Gasteiger partial charge in [-0.1, -0.05) is 43.7 Å². The second kappa shape index (κ2) is 3.10. The molecule has 0 aliphatic carbocycles. The van der Waals surface area contributed by atoms with Gasteiger partial charge >= 0.3 is 0 Å². The van der Waals surface area contributed by atoms with Crippen molar-refractivity contribution in [1.82, 2.24) is 0 Å². The van der Waals surface area contributed by atoms with E-state index in [0.717, 1.165) is 0 Å². The average Bonchev–Trinajstić information content (AvgIpc) is 1.59. The van der Waals surface area contributed by atoms with E-state index in [4.69, 9.17) is 11.6 Å². The van der Waals surface area contributed by atoms with Crippen LogP contribution in [0.4, 0.5) is 0 Å². The summed E-state index contributed by atoms with van der Waals surface area (Å²) in [5.74, 6) is 2.77. The first-order chi connectivity index (χ1) is 3.92. The lowest BCUT2D eigenvalue weighted by atomic mass is 10.7. The van der Waals surface area contributed by atoms with Crippen molar-refractivity contribution in [2.75, 3.05) is 0 Å². The summed E-state index contributed by atoms with van der Waals surface area (Å²) in [6, 6.07) is 0. The van der Waals surface area contributed by atoms with Crippen molar-refractivity contribution in [3.63, 3.8) is 0 Å². The molecule has 0 aromatic rings. The molecule has 0 amide bonds. The van der Waals surface area contributed by atoms with Gasteiger partial charge in [0.1, 0.15) is 8.07 Å². The van der Waals surface area contributed by atoms with Crippen molar-refractivity contribution in [2.45, 2.75) is 19.6 Å². The second-order valence-corrected chi connectivity index (χ2v) is 8.11. The molecule has 0 unspecified atom stereocenters. The Kier molecular flexibility index (Phi) is 3.03. The number of allylic oxidation sites excluding steroid dienone is 1. The minimum Gasteiger partial charge on any atom is -0.126 e. The molecule has 0 nitrogen and oxygen atoms in total. The first-order valence-electron chi connectivity index (χ1n) is 2.79. The molecule has 0 atom stereocenters. The molecular weight excluding hydrogens is 148 g/mol. The van der Waals surface area contributed by atoms with Crippen LogP contribution in [0.1, 0.15) is 0 Å². The predicted octanol–water partition coefficient (Wildman–Crippen LogP) is 2.62. The lowest BCUT2D eigenvalue weighted by Crippen LogP contribution is -2.16. The Labute approximate surface area is 62.9 Å². The van der Waals surface area contributed by atoms with E-state index in [2.05, 4.69) is 37.7 Å². The molecule has 0 rings (SSSR count). The maximum Gasteiger partial charge on any atom is 0.129 e. The fourth-order valence-electron chi connectivity index (χ4n) is 0.255. The first kappa shape index (κ1) is 8.81. The van der Waals surface area contributed by atoms with Gasteiger partial charge in [-0.15, -0.1) is 5.54 Å². The number of rotatable bonds is 0. The Hall–Kier alpha value is -0.193. The van der Waals surface area contributed by atoms with Gasteiger partial charge in [-0.05, 0) is 0 Å². The van der Waals surface area contributed by atoms with E-state index in [1.165, 1.54) is 0 Å². The monoisotopic (exact) mass is 158 g/mol. The highest BCUT2D eigenvalue weighted by Gasteiger charge is 2.06. The van der Waals surface area contributed by atoms with Crippen LogP contribution in [-0.4, -0.2) is 8.07 Å². The van der Waals surface area contributed by atoms with E-state index in [9.17, 15) is 0 Å². The van der Waals surface area contributed by atoms with Crippen LogP contribution in [0.2, 0.25) is 19.6 Å². The van der Waals surface area contributed by atoms with Gasteiger partial charge in [0, 0.05) is 0 Å². The SMILES string of the molecule is C=C(Cl)C#C[Si](C)(C)C. The number of hydrogen-bond acceptors (Lipinski definition) is 0. The third kappa shape index (κ3) is 7.81. The van der Waals surface area contributed by atoms with E-state index in [1.807, 2.05) is 0 Å². The summed E-state index contributed by atoms with van der Waals surface area (Å²) in [5, 5.41) is 0.442. The van der Waals surface area contributed by atoms with Crippen LogP contribution in [0.15, 0.2) is 11.6 Å². The Morgan fingerprint density at radius 2 is 1.89 bits per heavy atom. The van der Waals surface area contributed by atoms with E-state index in [0.29, 0.717) is 5.03 Å². The van der Waals surface area contributed by atoms with E-state index >= 15 is 0 Å². The summed E-state index contributed by atoms with van der Waals surface area (Å²) in [7, 11) is -1.23. The summed E-state index contributed by atoms with van der Waals surface area (Å²) >= 11 is 5.44. The second-order valence-electron chi connectivity index (χ2n) is 2.90. The van der Waals surface area contributed by atoms with Crippen LogP contribution in [0.3, 0.4) is 0 Å². The molecule has 0 aliphatic heterocycles. The fraction of sp³-hybridized carbons (Fsp3) is 0.429. The normalized spacial score (nSPS) is 9.78. The highest BCUT2D eigenvalue weighted by Crippen LogP contribution is 1.99. The summed E-state index contributed by atoms with van der Waals surface area (Å²) in [5.41, 5.74) is 3.08. The van der Waals surface area contributed by atoms with Crippen LogP contribution >= 0.6 is 11.6 Å². The molecule has 0 heterocycles. The predicted molar refractivity (Wildman–Crippen MR) is 46.1 cm³/mol. The van der Waals surface area contributed by atoms with Crippen molar-refractivity contribution < 1.29 is 0 Å². The molecule has 0 fully saturated rings. The largest absolute Gasteiger partial charge is 0.129 e. The van der Waals surface area contributed by atoms with Gasteiger partial charge in [-0.3, -0.25) is 0 Å². The topological polar surface area (TPSA) is 0 Å². The zero-order chi connectivity index (χ0) is 7.49. The zero-order valence-corrected chi connectivity index (χ0v) is 7.84. The van der Waals surface area contributed by atoms with E-state index in [1.54, 1.807) is 0 Å². The molecule has 0 aromatic heterocycles. The van der Waals surface area contributed by atoms with Gasteiger partial charge in [-0.2, -0.15) is 0 Å². The van der Waals surface area contributed by atoms with E-state index < -0.39 is 8.07 Å². The van der Waals surface area contributed by atoms with Gasteiger partial charge in [-0.25, -0.2) is 0 Å². The van der Waals surface area contributed by atoms with Crippen molar-refractivity contribution in [3.05, 3.63) is 11.6 Å². The Morgan fingerprint density at radius 3 is 2.00 bits per heavy atom. The Balaban J connectivity index is 4.04. The molecular formula is C7H11ClSi. The van der Waals surface area contributed by atoms with Gasteiger partial charge in [0.15, 0.2) is 0 Å². The molecule has 50 valence electrons. The van der Waals surface area contributed by atoms with Gasteiger partial charge in [0.25, 0.3) is 0 Å². The highest BCUT2D eigenvalue weighted by atomic mass is 35.5. The maximum atomic E-state index is 5.44. The molecule has 0 aliphatic rings. The van der Waals surface area contributed by atoms with Gasteiger partial charge in [0.2, 0.25) is 0 Å². The van der Waals surface area contributed by atoms with Crippen molar-refractivity contribution in [1.29, 1.82) is 0 Å². The van der Waals surface area contributed by atoms with Crippen molar-refractivity contribution in [2.24, 2.45) is 0 Å². The molecule has 0 spiro atoms. The number of halogens is 1. The third-order valence-corrected chi connectivity index (χ3v) is 1.54. The van der Waals surface area contributed by atoms with Crippen LogP contribution in [-0.2, 0) is 0 Å². The standard InChI is InChI=1S/C7H11ClSi/c1-7(8)5-6-9(2,3)4/h1H2,2-4H3. The Morgan fingerprint density at radius 1 is 1.44 bits per heavy atom. The zero-order valence-electron chi connectivity index (χ0n) is 6.09. The molecule has 9 heavy (non-hydrogen) atoms. The van der Waals surface area contributed by atoms with Gasteiger partial charge in [0.05, 0.1) is 5.03 Å². The number of hydrogen-bond donors (Lipinski definition) is 0. The fourth-order valence-corrected chi connectivity index (χ4v) is 0.908. The lowest BCUT2D eigenvalue weighted by molar-refractivity contribution is 1.81. The third-order valence-electron chi connectivity index (χ3n) is 0.573. The maximum absolute atomic E-state index is 5.44. The van der Waals surface area contributed by atoms with E-state index in [-0.39, 0.29) is 0 Å². The van der Waals surface area contributed by atoms with Gasteiger partial charge < -0.3 is 0 Å². The van der Waals surface area contributed by atoms with Crippen LogP contribution in [0.5, 0.6) is 0 Å². The first-order valence-corrected chi connectivity index (χ1v) is 6.67. The summed E-state index contributed by atoms with van der Waals surface area (Å²) < 4.78 is 0. The quantitative estimate of drug-likeness (QED) is 0.376. The molecule has 0 saturated heterocycles. The van der Waals surface area contributed by atoms with Crippen LogP contribution in [0.25, 0.3) is 0 Å². The lowest BCUT2D eigenvalue weighted by Gasteiger charge is -2.02. The van der Waals surface area contributed by atoms with Crippen LogP contribution in [0, 0.1) is 11.5 Å². The summed E-state index contributed by atoms with van der Waals surface area (Å²) in [6.45, 7) is 9.97. The smallest absolute Gasteiger partial charge is 0.126 e. The molecule has 2 heteroatoms. The minimum atomic E-state index is -1.23. The summed E-state index contributed by atoms with van der Waals surface area (Å²) in [4.78, 5) is 0. The average molecular weight is 159 g/mol. The van der Waals surface area contributed by atoms with Crippen molar-refractivity contribution >= 4 is 19.7 Å². The van der Waals surface area contributed by atoms with Crippen molar-refractivity contribution in [3.8, 4) is 11.5 Å². The minimum absolute atomic E-state index is 0.442. The molecule has 0 radical (unpaired) electrons. The Bertz CT molecular complexity index is 166. The molecule has 0 N–H and O–H groups in total. The highest BCUT2D eigenvalue weighted by molar-refractivity contribution is 6.84. The van der Waals surface area contributed by atoms with Crippen LogP contribution < -0.4 is 0 Å².